The van der Waals surface area contributed by atoms with Crippen LogP contribution >= 0.6 is 11.6 Å². The van der Waals surface area contributed by atoms with Crippen molar-refractivity contribution >= 4 is 17.7 Å². The summed E-state index contributed by atoms with van der Waals surface area (Å²) in [6.07, 6.45) is -6.50. The molecular weight excluding hydrogens is 579 g/mol. The van der Waals surface area contributed by atoms with Crippen molar-refractivity contribution in [3.63, 3.8) is 0 Å². The number of alkyl halides is 3. The lowest BCUT2D eigenvalue weighted by atomic mass is 9.92. The van der Waals surface area contributed by atoms with Crippen molar-refractivity contribution in [1.29, 1.82) is 0 Å². The molecule has 1 amide bonds. The van der Waals surface area contributed by atoms with Crippen LogP contribution in [0.5, 0.6) is 5.75 Å². The highest BCUT2D eigenvalue weighted by Crippen LogP contribution is 2.39. The molecule has 4 aromatic rings. The van der Waals surface area contributed by atoms with Crippen LogP contribution in [0, 0.1) is 0 Å². The van der Waals surface area contributed by atoms with Gasteiger partial charge in [-0.25, -0.2) is 4.79 Å². The molecule has 0 aliphatic heterocycles. The Morgan fingerprint density at radius 2 is 1.56 bits per heavy atom. The second kappa shape index (κ2) is 14.0. The van der Waals surface area contributed by atoms with Gasteiger partial charge in [-0.3, -0.25) is 4.90 Å². The third-order valence-corrected chi connectivity index (χ3v) is 7.32. The molecular formula is C34H33ClF3NO4. The fraction of sp³-hybridized carbons (Fsp3) is 0.265. The Bertz CT molecular complexity index is 1530. The molecule has 0 heterocycles. The number of rotatable bonds is 10. The number of amides is 1. The molecule has 0 spiro atoms. The van der Waals surface area contributed by atoms with E-state index in [4.69, 9.17) is 21.1 Å². The summed E-state index contributed by atoms with van der Waals surface area (Å²) >= 11 is 5.93. The minimum absolute atomic E-state index is 0.0650. The van der Waals surface area contributed by atoms with Crippen LogP contribution in [-0.2, 0) is 24.0 Å². The molecule has 0 aromatic heterocycles. The lowest BCUT2D eigenvalue weighted by Gasteiger charge is -2.25. The minimum Gasteiger partial charge on any atom is -0.496 e. The van der Waals surface area contributed by atoms with E-state index >= 15 is 0 Å². The zero-order valence-corrected chi connectivity index (χ0v) is 24.8. The average molecular weight is 612 g/mol. The predicted octanol–water partition coefficient (Wildman–Crippen LogP) is 9.03. The van der Waals surface area contributed by atoms with Gasteiger partial charge in [0.1, 0.15) is 18.5 Å². The van der Waals surface area contributed by atoms with Crippen LogP contribution in [0.4, 0.5) is 18.0 Å². The first-order valence-corrected chi connectivity index (χ1v) is 14.1. The monoisotopic (exact) mass is 611 g/mol. The Kier molecular flexibility index (Phi) is 10.4. The Labute approximate surface area is 254 Å². The number of ether oxygens (including phenoxy) is 2. The Balaban J connectivity index is 1.72. The predicted molar refractivity (Wildman–Crippen MR) is 161 cm³/mol. The van der Waals surface area contributed by atoms with Gasteiger partial charge in [-0.15, -0.1) is 0 Å². The van der Waals surface area contributed by atoms with E-state index in [0.717, 1.165) is 23.3 Å². The zero-order valence-electron chi connectivity index (χ0n) is 24.1. The molecule has 4 rings (SSSR count). The number of benzene rings is 4. The van der Waals surface area contributed by atoms with Crippen molar-refractivity contribution < 1.29 is 32.5 Å². The quantitative estimate of drug-likeness (QED) is 0.194. The highest BCUT2D eigenvalue weighted by Gasteiger charge is 2.32. The number of nitrogens with zero attached hydrogens (tertiary/aromatic N) is 1. The number of hydrogen-bond acceptors (Lipinski definition) is 4. The third kappa shape index (κ3) is 8.30. The fourth-order valence-electron chi connectivity index (χ4n) is 4.68. The summed E-state index contributed by atoms with van der Waals surface area (Å²) in [5.74, 6) is 0.660. The van der Waals surface area contributed by atoms with Gasteiger partial charge < -0.3 is 14.6 Å². The van der Waals surface area contributed by atoms with Crippen LogP contribution < -0.4 is 4.74 Å². The van der Waals surface area contributed by atoms with E-state index in [2.05, 4.69) is 0 Å². The smallest absolute Gasteiger partial charge is 0.416 e. The summed E-state index contributed by atoms with van der Waals surface area (Å²) < 4.78 is 52.7. The number of carbonyl (C=O) groups excluding carboxylic acids is 1. The Hall–Kier alpha value is -4.01. The maximum atomic E-state index is 13.9. The van der Waals surface area contributed by atoms with E-state index in [-0.39, 0.29) is 31.2 Å². The molecule has 1 unspecified atom stereocenters. The van der Waals surface area contributed by atoms with E-state index in [1.807, 2.05) is 44.2 Å². The maximum absolute atomic E-state index is 13.9. The number of hydrogen-bond donors (Lipinski definition) is 1. The SMILES string of the molecule is COc1ccc(C(C)C)cc1-c1ccc(C(F)(F)F)cc1CN(Cc1ccccc1)C(=O)OCC(O)c1ccc(Cl)cc1. The Morgan fingerprint density at radius 3 is 2.19 bits per heavy atom. The number of aliphatic hydroxyl groups is 1. The summed E-state index contributed by atoms with van der Waals surface area (Å²) in [6.45, 7) is 3.56. The minimum atomic E-state index is -4.59. The van der Waals surface area contributed by atoms with Crippen LogP contribution in [0.15, 0.2) is 91.0 Å². The molecule has 0 bridgehead atoms. The highest BCUT2D eigenvalue weighted by molar-refractivity contribution is 6.30. The van der Waals surface area contributed by atoms with Crippen molar-refractivity contribution in [2.75, 3.05) is 13.7 Å². The molecule has 4 aromatic carbocycles. The maximum Gasteiger partial charge on any atom is 0.416 e. The van der Waals surface area contributed by atoms with Crippen LogP contribution in [0.3, 0.4) is 0 Å². The number of aliphatic hydroxyl groups excluding tert-OH is 1. The van der Waals surface area contributed by atoms with Crippen molar-refractivity contribution in [3.8, 4) is 16.9 Å². The summed E-state index contributed by atoms with van der Waals surface area (Å²) in [4.78, 5) is 14.8. The summed E-state index contributed by atoms with van der Waals surface area (Å²) in [5, 5.41) is 11.1. The first-order chi connectivity index (χ1) is 20.5. The van der Waals surface area contributed by atoms with Crippen molar-refractivity contribution in [1.82, 2.24) is 4.90 Å². The van der Waals surface area contributed by atoms with Gasteiger partial charge in [0.25, 0.3) is 0 Å². The number of methoxy groups -OCH3 is 1. The van der Waals surface area contributed by atoms with Crippen molar-refractivity contribution in [2.24, 2.45) is 0 Å². The molecule has 0 saturated carbocycles. The lowest BCUT2D eigenvalue weighted by molar-refractivity contribution is -0.137. The normalized spacial score (nSPS) is 12.2. The number of halogens is 4. The van der Waals surface area contributed by atoms with Crippen molar-refractivity contribution in [2.45, 2.75) is 45.1 Å². The van der Waals surface area contributed by atoms with Crippen LogP contribution in [0.25, 0.3) is 11.1 Å². The van der Waals surface area contributed by atoms with Gasteiger partial charge in [0, 0.05) is 23.7 Å². The van der Waals surface area contributed by atoms with Gasteiger partial charge in [-0.2, -0.15) is 13.2 Å². The second-order valence-corrected chi connectivity index (χ2v) is 10.9. The molecule has 0 aliphatic rings. The zero-order chi connectivity index (χ0) is 31.1. The summed E-state index contributed by atoms with van der Waals surface area (Å²) in [6, 6.07) is 24.6. The van der Waals surface area contributed by atoms with E-state index in [1.165, 1.54) is 18.1 Å². The molecule has 1 atom stereocenters. The van der Waals surface area contributed by atoms with Gasteiger partial charge in [-0.05, 0) is 70.1 Å². The summed E-state index contributed by atoms with van der Waals surface area (Å²) in [7, 11) is 1.50. The molecule has 9 heteroatoms. The lowest BCUT2D eigenvalue weighted by Crippen LogP contribution is -2.32. The highest BCUT2D eigenvalue weighted by atomic mass is 35.5. The fourth-order valence-corrected chi connectivity index (χ4v) is 4.80. The van der Waals surface area contributed by atoms with E-state index in [1.54, 1.807) is 42.5 Å². The molecule has 5 nitrogen and oxygen atoms in total. The first-order valence-electron chi connectivity index (χ1n) is 13.7. The third-order valence-electron chi connectivity index (χ3n) is 7.07. The van der Waals surface area contributed by atoms with Gasteiger partial charge in [0.05, 0.1) is 12.7 Å². The first kappa shape index (κ1) is 31.9. The molecule has 0 radical (unpaired) electrons. The van der Waals surface area contributed by atoms with Gasteiger partial charge in [0.15, 0.2) is 0 Å². The number of carbonyl (C=O) groups is 1. The standard InChI is InChI=1S/C34H33ClF3NO4/c1-22(2)25-11-16-32(42-3)30(18-25)29-15-12-27(34(36,37)38)17-26(29)20-39(19-23-7-5-4-6-8-23)33(41)43-21-31(40)24-9-13-28(35)14-10-24/h4-18,22,31,40H,19-21H2,1-3H3. The van der Waals surface area contributed by atoms with Crippen molar-refractivity contribution in [3.05, 3.63) is 124 Å². The van der Waals surface area contributed by atoms with Gasteiger partial charge >= 0.3 is 12.3 Å². The van der Waals surface area contributed by atoms with Crippen LogP contribution in [0.2, 0.25) is 5.02 Å². The average Bonchev–Trinajstić information content (AvgIpc) is 2.99. The summed E-state index contributed by atoms with van der Waals surface area (Å²) in [5.41, 5.74) is 2.78. The molecule has 1 N–H and O–H groups in total. The van der Waals surface area contributed by atoms with Crippen LogP contribution in [-0.4, -0.2) is 29.8 Å². The topological polar surface area (TPSA) is 59.0 Å². The molecule has 0 saturated heterocycles. The van der Waals surface area contributed by atoms with Crippen LogP contribution in [0.1, 0.15) is 53.7 Å². The van der Waals surface area contributed by atoms with Gasteiger partial charge in [-0.1, -0.05) is 80.0 Å². The van der Waals surface area contributed by atoms with E-state index in [0.29, 0.717) is 27.5 Å². The second-order valence-electron chi connectivity index (χ2n) is 10.5. The largest absolute Gasteiger partial charge is 0.496 e. The molecule has 226 valence electrons. The Morgan fingerprint density at radius 1 is 0.884 bits per heavy atom. The van der Waals surface area contributed by atoms with E-state index < -0.39 is 23.9 Å². The molecule has 0 aliphatic carbocycles. The van der Waals surface area contributed by atoms with Gasteiger partial charge in [0.2, 0.25) is 0 Å². The van der Waals surface area contributed by atoms with E-state index in [9.17, 15) is 23.1 Å². The molecule has 0 fully saturated rings. The molecule has 43 heavy (non-hydrogen) atoms.